The number of H-pyrrole nitrogens is 1. The van der Waals surface area contributed by atoms with Crippen molar-refractivity contribution in [3.63, 3.8) is 0 Å². The van der Waals surface area contributed by atoms with Gasteiger partial charge in [-0.3, -0.25) is 9.88 Å². The Labute approximate surface area is 95.5 Å². The van der Waals surface area contributed by atoms with Gasteiger partial charge in [0.05, 0.1) is 0 Å². The fraction of sp³-hybridized carbons (Fsp3) is 0.462. The fourth-order valence-electron chi connectivity index (χ4n) is 2.64. The number of likely N-dealkylation sites (tertiary alicyclic amines) is 1. The lowest BCUT2D eigenvalue weighted by molar-refractivity contribution is 0.184. The van der Waals surface area contributed by atoms with Gasteiger partial charge in [-0.2, -0.15) is 0 Å². The fourth-order valence-corrected chi connectivity index (χ4v) is 2.64. The lowest BCUT2D eigenvalue weighted by atomic mass is 10.0. The van der Waals surface area contributed by atoms with Crippen LogP contribution in [-0.4, -0.2) is 28.5 Å². The molecular weight excluding hydrogens is 198 g/mol. The van der Waals surface area contributed by atoms with Crippen molar-refractivity contribution in [1.29, 1.82) is 0 Å². The van der Waals surface area contributed by atoms with Crippen LogP contribution in [0.4, 0.5) is 0 Å². The topological polar surface area (TPSA) is 31.9 Å². The van der Waals surface area contributed by atoms with E-state index < -0.39 is 0 Å². The lowest BCUT2D eigenvalue weighted by Crippen LogP contribution is -2.29. The molecule has 0 bridgehead atoms. The average Bonchev–Trinajstić information content (AvgIpc) is 2.73. The van der Waals surface area contributed by atoms with Crippen molar-refractivity contribution in [2.45, 2.75) is 25.3 Å². The SMILES string of the molecule is CN1CCCCC1c1cc2cnccc2[nH]1. The van der Waals surface area contributed by atoms with Crippen molar-refractivity contribution in [3.8, 4) is 0 Å². The van der Waals surface area contributed by atoms with Crippen LogP contribution in [0.25, 0.3) is 10.9 Å². The van der Waals surface area contributed by atoms with Gasteiger partial charge >= 0.3 is 0 Å². The number of aromatic nitrogens is 2. The van der Waals surface area contributed by atoms with Crippen molar-refractivity contribution in [2.75, 3.05) is 13.6 Å². The van der Waals surface area contributed by atoms with Crippen LogP contribution in [0.3, 0.4) is 0 Å². The maximum atomic E-state index is 4.16. The van der Waals surface area contributed by atoms with E-state index in [1.54, 1.807) is 0 Å². The first-order valence-corrected chi connectivity index (χ1v) is 5.97. The first-order valence-electron chi connectivity index (χ1n) is 5.97. The first-order chi connectivity index (χ1) is 7.84. The van der Waals surface area contributed by atoms with Gasteiger partial charge in [-0.25, -0.2) is 0 Å². The molecule has 0 amide bonds. The van der Waals surface area contributed by atoms with Gasteiger partial charge in [0.1, 0.15) is 0 Å². The van der Waals surface area contributed by atoms with Crippen LogP contribution < -0.4 is 0 Å². The van der Waals surface area contributed by atoms with Gasteiger partial charge in [-0.15, -0.1) is 0 Å². The summed E-state index contributed by atoms with van der Waals surface area (Å²) in [4.78, 5) is 10.1. The summed E-state index contributed by atoms with van der Waals surface area (Å²) in [6.07, 6.45) is 7.69. The molecule has 3 heteroatoms. The molecule has 0 aliphatic carbocycles. The predicted molar refractivity (Wildman–Crippen MR) is 65.3 cm³/mol. The summed E-state index contributed by atoms with van der Waals surface area (Å²) in [5, 5.41) is 1.22. The third-order valence-corrected chi connectivity index (χ3v) is 3.57. The number of piperidine rings is 1. The van der Waals surface area contributed by atoms with E-state index in [1.165, 1.54) is 42.4 Å². The van der Waals surface area contributed by atoms with Crippen LogP contribution in [-0.2, 0) is 0 Å². The third kappa shape index (κ3) is 1.61. The second-order valence-corrected chi connectivity index (χ2v) is 4.68. The second-order valence-electron chi connectivity index (χ2n) is 4.68. The smallest absolute Gasteiger partial charge is 0.0495 e. The highest BCUT2D eigenvalue weighted by atomic mass is 15.1. The van der Waals surface area contributed by atoms with E-state index in [9.17, 15) is 0 Å². The number of fused-ring (bicyclic) bond motifs is 1. The molecule has 3 nitrogen and oxygen atoms in total. The van der Waals surface area contributed by atoms with Gasteiger partial charge in [0.15, 0.2) is 0 Å². The van der Waals surface area contributed by atoms with E-state index in [0.29, 0.717) is 6.04 Å². The Hall–Kier alpha value is -1.35. The number of nitrogens with zero attached hydrogens (tertiary/aromatic N) is 2. The Kier molecular flexibility index (Phi) is 2.40. The molecule has 3 rings (SSSR count). The van der Waals surface area contributed by atoms with Gasteiger partial charge in [0.25, 0.3) is 0 Å². The zero-order valence-electron chi connectivity index (χ0n) is 9.61. The molecule has 1 atom stereocenters. The monoisotopic (exact) mass is 215 g/mol. The molecule has 1 fully saturated rings. The normalized spacial score (nSPS) is 22.7. The minimum Gasteiger partial charge on any atom is -0.357 e. The van der Waals surface area contributed by atoms with Crippen molar-refractivity contribution in [3.05, 3.63) is 30.2 Å². The third-order valence-electron chi connectivity index (χ3n) is 3.57. The predicted octanol–water partition coefficient (Wildman–Crippen LogP) is 2.72. The first kappa shape index (κ1) is 9.85. The number of rotatable bonds is 1. The molecule has 1 aliphatic heterocycles. The summed E-state index contributed by atoms with van der Waals surface area (Å²) in [6, 6.07) is 4.84. The molecule has 0 saturated carbocycles. The molecule has 2 aromatic rings. The van der Waals surface area contributed by atoms with Crippen LogP contribution in [0.5, 0.6) is 0 Å². The Morgan fingerprint density at radius 2 is 2.38 bits per heavy atom. The van der Waals surface area contributed by atoms with E-state index in [0.717, 1.165) is 0 Å². The molecule has 1 saturated heterocycles. The molecule has 84 valence electrons. The highest BCUT2D eigenvalue weighted by Crippen LogP contribution is 2.30. The Morgan fingerprint density at radius 3 is 3.19 bits per heavy atom. The standard InChI is InChI=1S/C13H17N3/c1-16-7-3-2-4-13(16)12-8-10-9-14-6-5-11(10)15-12/h5-6,8-9,13,15H,2-4,7H2,1H3. The van der Waals surface area contributed by atoms with E-state index in [4.69, 9.17) is 0 Å². The largest absolute Gasteiger partial charge is 0.357 e. The van der Waals surface area contributed by atoms with Crippen molar-refractivity contribution in [2.24, 2.45) is 0 Å². The van der Waals surface area contributed by atoms with E-state index >= 15 is 0 Å². The maximum Gasteiger partial charge on any atom is 0.0495 e. The number of hydrogen-bond acceptors (Lipinski definition) is 2. The molecule has 0 aromatic carbocycles. The van der Waals surface area contributed by atoms with E-state index in [1.807, 2.05) is 18.5 Å². The minimum atomic E-state index is 0.557. The number of aromatic amines is 1. The number of nitrogens with one attached hydrogen (secondary N) is 1. The van der Waals surface area contributed by atoms with Crippen LogP contribution in [0.1, 0.15) is 31.0 Å². The number of hydrogen-bond donors (Lipinski definition) is 1. The quantitative estimate of drug-likeness (QED) is 0.793. The van der Waals surface area contributed by atoms with Crippen molar-refractivity contribution < 1.29 is 0 Å². The zero-order valence-corrected chi connectivity index (χ0v) is 9.61. The molecule has 0 radical (unpaired) electrons. The molecule has 1 aliphatic rings. The van der Waals surface area contributed by atoms with Crippen molar-refractivity contribution in [1.82, 2.24) is 14.9 Å². The zero-order chi connectivity index (χ0) is 11.0. The summed E-state index contributed by atoms with van der Waals surface area (Å²) >= 11 is 0. The Morgan fingerprint density at radius 1 is 1.44 bits per heavy atom. The van der Waals surface area contributed by atoms with Gasteiger partial charge in [-0.05, 0) is 38.6 Å². The second kappa shape index (κ2) is 3.91. The molecular formula is C13H17N3. The van der Waals surface area contributed by atoms with Crippen molar-refractivity contribution >= 4 is 10.9 Å². The summed E-state index contributed by atoms with van der Waals surface area (Å²) < 4.78 is 0. The number of pyridine rings is 1. The maximum absolute atomic E-state index is 4.16. The molecule has 0 spiro atoms. The summed E-state index contributed by atoms with van der Waals surface area (Å²) in [7, 11) is 2.22. The van der Waals surface area contributed by atoms with Gasteiger partial charge in [0, 0.05) is 35.0 Å². The molecule has 1 N–H and O–H groups in total. The van der Waals surface area contributed by atoms with E-state index in [2.05, 4.69) is 28.0 Å². The molecule has 16 heavy (non-hydrogen) atoms. The molecule has 2 aromatic heterocycles. The van der Waals surface area contributed by atoms with Crippen LogP contribution in [0.2, 0.25) is 0 Å². The van der Waals surface area contributed by atoms with Crippen LogP contribution in [0, 0.1) is 0 Å². The summed E-state index contributed by atoms with van der Waals surface area (Å²) in [5.74, 6) is 0. The average molecular weight is 215 g/mol. The van der Waals surface area contributed by atoms with Crippen LogP contribution >= 0.6 is 0 Å². The van der Waals surface area contributed by atoms with Gasteiger partial charge < -0.3 is 4.98 Å². The van der Waals surface area contributed by atoms with E-state index in [-0.39, 0.29) is 0 Å². The lowest BCUT2D eigenvalue weighted by Gasteiger charge is -2.31. The highest BCUT2D eigenvalue weighted by molar-refractivity contribution is 5.79. The highest BCUT2D eigenvalue weighted by Gasteiger charge is 2.21. The summed E-state index contributed by atoms with van der Waals surface area (Å²) in [5.41, 5.74) is 2.54. The minimum absolute atomic E-state index is 0.557. The molecule has 1 unspecified atom stereocenters. The molecule has 3 heterocycles. The summed E-state index contributed by atoms with van der Waals surface area (Å²) in [6.45, 7) is 1.21. The Balaban J connectivity index is 1.98. The van der Waals surface area contributed by atoms with Crippen LogP contribution in [0.15, 0.2) is 24.5 Å². The van der Waals surface area contributed by atoms with Gasteiger partial charge in [0.2, 0.25) is 0 Å². The Bertz CT molecular complexity index is 456. The van der Waals surface area contributed by atoms with Gasteiger partial charge in [-0.1, -0.05) is 6.42 Å².